The van der Waals surface area contributed by atoms with Gasteiger partial charge in [-0.2, -0.15) is 0 Å². The Morgan fingerprint density at radius 1 is 0.705 bits per heavy atom. The number of amides is 2. The summed E-state index contributed by atoms with van der Waals surface area (Å²) in [5.41, 5.74) is 3.24. The molecule has 1 atom stereocenters. The average Bonchev–Trinajstić information content (AvgIpc) is 3.54. The molecule has 3 aliphatic heterocycles. The first-order valence-corrected chi connectivity index (χ1v) is 14.8. The minimum absolute atomic E-state index is 0. The van der Waals surface area contributed by atoms with Gasteiger partial charge < -0.3 is 25.2 Å². The zero-order valence-corrected chi connectivity index (χ0v) is 26.0. The van der Waals surface area contributed by atoms with Crippen LogP contribution in [-0.2, 0) is 0 Å². The van der Waals surface area contributed by atoms with Crippen molar-refractivity contribution in [2.75, 3.05) is 52.4 Å². The Morgan fingerprint density at radius 3 is 1.98 bits per heavy atom. The fourth-order valence-electron chi connectivity index (χ4n) is 6.13. The van der Waals surface area contributed by atoms with Gasteiger partial charge in [0.1, 0.15) is 23.5 Å². The van der Waals surface area contributed by atoms with Crippen molar-refractivity contribution < 1.29 is 23.1 Å². The number of piperazine rings is 1. The van der Waals surface area contributed by atoms with Gasteiger partial charge in [-0.25, -0.2) is 8.78 Å². The zero-order chi connectivity index (χ0) is 29.1. The molecule has 0 unspecified atom stereocenters. The lowest BCUT2D eigenvalue weighted by molar-refractivity contribution is 0.0535. The van der Waals surface area contributed by atoms with Crippen LogP contribution in [0.5, 0.6) is 5.75 Å². The summed E-state index contributed by atoms with van der Waals surface area (Å²) in [5.74, 6) is -0.175. The number of ether oxygens (including phenoxy) is 1. The van der Waals surface area contributed by atoms with Crippen molar-refractivity contribution in [2.45, 2.75) is 31.3 Å². The first-order chi connectivity index (χ1) is 20.4. The van der Waals surface area contributed by atoms with Crippen LogP contribution in [0.15, 0.2) is 60.7 Å². The molecule has 0 bridgehead atoms. The number of benzene rings is 3. The van der Waals surface area contributed by atoms with Crippen molar-refractivity contribution in [1.29, 1.82) is 0 Å². The Morgan fingerprint density at radius 2 is 1.34 bits per heavy atom. The fourth-order valence-corrected chi connectivity index (χ4v) is 6.13. The maximum atomic E-state index is 14.5. The van der Waals surface area contributed by atoms with Crippen molar-refractivity contribution >= 4 is 36.6 Å². The third-order valence-corrected chi connectivity index (χ3v) is 8.52. The minimum Gasteiger partial charge on any atom is -0.488 e. The lowest BCUT2D eigenvalue weighted by Crippen LogP contribution is -2.50. The van der Waals surface area contributed by atoms with Gasteiger partial charge in [0, 0.05) is 49.4 Å². The monoisotopic (exact) mass is 646 g/mol. The standard InChI is InChI=1S/C33H36F2N4O3.2ClH/c34-27-4-1-23(2-5-27)30-20-24(3-6-31(30)42-29-9-12-37-21-29)32(40)38-13-15-39(16-14-38)33(41)26-17-25(18-28(35)19-26)22-7-10-36-11-8-22;;/h1-6,17-20,22,29,36-37H,7-16,21H2;2*1H/t29-;;/m0../s1. The zero-order valence-electron chi connectivity index (χ0n) is 24.4. The first kappa shape index (κ1) is 33.6. The Labute approximate surface area is 269 Å². The Bertz CT molecular complexity index is 1440. The molecule has 3 heterocycles. The van der Waals surface area contributed by atoms with E-state index in [1.165, 1.54) is 18.2 Å². The van der Waals surface area contributed by atoms with E-state index in [0.717, 1.165) is 62.1 Å². The molecule has 236 valence electrons. The Kier molecular flexibility index (Phi) is 11.6. The predicted octanol–water partition coefficient (Wildman–Crippen LogP) is 5.28. The molecule has 0 spiro atoms. The van der Waals surface area contributed by atoms with Crippen LogP contribution in [0.2, 0.25) is 0 Å². The SMILES string of the molecule is Cl.Cl.O=C(c1cc(F)cc(C2CCNCC2)c1)N1CCN(C(=O)c2ccc(O[C@H]3CCNC3)c(-c3ccc(F)cc3)c2)CC1. The van der Waals surface area contributed by atoms with E-state index in [-0.39, 0.29) is 54.5 Å². The van der Waals surface area contributed by atoms with E-state index in [2.05, 4.69) is 10.6 Å². The summed E-state index contributed by atoms with van der Waals surface area (Å²) in [6, 6.07) is 16.2. The number of carbonyl (C=O) groups is 2. The molecule has 6 rings (SSSR count). The molecule has 0 saturated carbocycles. The Hall–Kier alpha value is -3.24. The van der Waals surface area contributed by atoms with Gasteiger partial charge in [0.05, 0.1) is 0 Å². The number of hydrogen-bond acceptors (Lipinski definition) is 5. The number of nitrogens with zero attached hydrogens (tertiary/aromatic N) is 2. The second kappa shape index (κ2) is 15.2. The summed E-state index contributed by atoms with van der Waals surface area (Å²) in [5, 5.41) is 6.61. The predicted molar refractivity (Wildman–Crippen MR) is 171 cm³/mol. The smallest absolute Gasteiger partial charge is 0.254 e. The van der Waals surface area contributed by atoms with Crippen LogP contribution < -0.4 is 15.4 Å². The molecule has 3 aliphatic rings. The van der Waals surface area contributed by atoms with Crippen molar-refractivity contribution in [3.63, 3.8) is 0 Å². The summed E-state index contributed by atoms with van der Waals surface area (Å²) in [4.78, 5) is 30.3. The molecular formula is C33H38Cl2F2N4O3. The third-order valence-electron chi connectivity index (χ3n) is 8.52. The van der Waals surface area contributed by atoms with Crippen molar-refractivity contribution in [1.82, 2.24) is 20.4 Å². The number of halogens is 4. The van der Waals surface area contributed by atoms with Gasteiger partial charge in [-0.15, -0.1) is 24.8 Å². The highest BCUT2D eigenvalue weighted by atomic mass is 35.5. The maximum Gasteiger partial charge on any atom is 0.254 e. The molecule has 0 aromatic heterocycles. The second-order valence-electron chi connectivity index (χ2n) is 11.3. The number of piperidine rings is 1. The quantitative estimate of drug-likeness (QED) is 0.381. The molecule has 44 heavy (non-hydrogen) atoms. The van der Waals surface area contributed by atoms with Gasteiger partial charge >= 0.3 is 0 Å². The molecule has 3 aromatic carbocycles. The molecule has 3 saturated heterocycles. The number of carbonyl (C=O) groups excluding carboxylic acids is 2. The summed E-state index contributed by atoms with van der Waals surface area (Å²) in [7, 11) is 0. The number of hydrogen-bond donors (Lipinski definition) is 2. The van der Waals surface area contributed by atoms with Crippen molar-refractivity contribution in [3.05, 3.63) is 89.0 Å². The van der Waals surface area contributed by atoms with Crippen molar-refractivity contribution in [3.8, 4) is 16.9 Å². The molecule has 3 fully saturated rings. The second-order valence-corrected chi connectivity index (χ2v) is 11.3. The van der Waals surface area contributed by atoms with Crippen LogP contribution in [0.3, 0.4) is 0 Å². The van der Waals surface area contributed by atoms with Gasteiger partial charge in [0.2, 0.25) is 0 Å². The van der Waals surface area contributed by atoms with Crippen LogP contribution in [0.4, 0.5) is 8.78 Å². The van der Waals surface area contributed by atoms with Gasteiger partial charge in [-0.05, 0) is 104 Å². The largest absolute Gasteiger partial charge is 0.488 e. The van der Waals surface area contributed by atoms with E-state index in [9.17, 15) is 18.4 Å². The van der Waals surface area contributed by atoms with E-state index in [4.69, 9.17) is 4.74 Å². The van der Waals surface area contributed by atoms with Crippen LogP contribution in [-0.4, -0.2) is 80.1 Å². The molecular weight excluding hydrogens is 609 g/mol. The van der Waals surface area contributed by atoms with Gasteiger partial charge in [0.15, 0.2) is 0 Å². The molecule has 7 nitrogen and oxygen atoms in total. The molecule has 3 aromatic rings. The topological polar surface area (TPSA) is 73.9 Å². The maximum absolute atomic E-state index is 14.5. The number of rotatable bonds is 6. The highest BCUT2D eigenvalue weighted by molar-refractivity contribution is 5.97. The molecule has 2 N–H and O–H groups in total. The van der Waals surface area contributed by atoms with Gasteiger partial charge in [-0.3, -0.25) is 9.59 Å². The summed E-state index contributed by atoms with van der Waals surface area (Å²) in [6.07, 6.45) is 2.77. The number of nitrogens with one attached hydrogen (secondary N) is 2. The molecule has 2 amide bonds. The van der Waals surface area contributed by atoms with E-state index in [1.54, 1.807) is 40.1 Å². The molecule has 11 heteroatoms. The lowest BCUT2D eigenvalue weighted by atomic mass is 9.89. The third kappa shape index (κ3) is 7.69. The lowest BCUT2D eigenvalue weighted by Gasteiger charge is -2.35. The van der Waals surface area contributed by atoms with Crippen molar-refractivity contribution in [2.24, 2.45) is 0 Å². The van der Waals surface area contributed by atoms with Crippen LogP contribution in [0.1, 0.15) is 51.5 Å². The van der Waals surface area contributed by atoms with E-state index >= 15 is 0 Å². The summed E-state index contributed by atoms with van der Waals surface area (Å²) in [6.45, 7) is 4.90. The van der Waals surface area contributed by atoms with Gasteiger partial charge in [0.25, 0.3) is 11.8 Å². The first-order valence-electron chi connectivity index (χ1n) is 14.8. The fraction of sp³-hybridized carbons (Fsp3) is 0.394. The van der Waals surface area contributed by atoms with E-state index in [1.807, 2.05) is 12.1 Å². The molecule has 0 radical (unpaired) electrons. The van der Waals surface area contributed by atoms with Crippen LogP contribution in [0.25, 0.3) is 11.1 Å². The summed E-state index contributed by atoms with van der Waals surface area (Å²) < 4.78 is 34.4. The minimum atomic E-state index is -0.392. The highest BCUT2D eigenvalue weighted by Crippen LogP contribution is 2.33. The highest BCUT2D eigenvalue weighted by Gasteiger charge is 2.28. The van der Waals surface area contributed by atoms with Gasteiger partial charge in [-0.1, -0.05) is 12.1 Å². The van der Waals surface area contributed by atoms with E-state index < -0.39 is 5.82 Å². The van der Waals surface area contributed by atoms with E-state index in [0.29, 0.717) is 43.1 Å². The summed E-state index contributed by atoms with van der Waals surface area (Å²) >= 11 is 0. The molecule has 0 aliphatic carbocycles. The Balaban J connectivity index is 0.00000221. The average molecular weight is 648 g/mol. The van der Waals surface area contributed by atoms with Crippen LogP contribution >= 0.6 is 24.8 Å². The normalized spacial score (nSPS) is 18.7. The van der Waals surface area contributed by atoms with Crippen LogP contribution in [0, 0.1) is 11.6 Å².